The summed E-state index contributed by atoms with van der Waals surface area (Å²) in [6.07, 6.45) is 0. The van der Waals surface area contributed by atoms with Crippen molar-refractivity contribution in [2.75, 3.05) is 5.75 Å². The second kappa shape index (κ2) is 7.81. The summed E-state index contributed by atoms with van der Waals surface area (Å²) in [6.45, 7) is 0. The third-order valence-corrected chi connectivity index (χ3v) is 4.08. The predicted octanol–water partition coefficient (Wildman–Crippen LogP) is 2.92. The van der Waals surface area contributed by atoms with Crippen molar-refractivity contribution in [2.45, 2.75) is 10.9 Å². The van der Waals surface area contributed by atoms with Crippen LogP contribution in [-0.4, -0.2) is 16.6 Å². The number of hydrogen-bond acceptors (Lipinski definition) is 3. The fourth-order valence-corrected chi connectivity index (χ4v) is 2.76. The van der Waals surface area contributed by atoms with Crippen LogP contribution in [0.3, 0.4) is 0 Å². The van der Waals surface area contributed by atoms with Crippen LogP contribution in [0.2, 0.25) is 0 Å². The highest BCUT2D eigenvalue weighted by atomic mass is 32.2. The third kappa shape index (κ3) is 4.88. The summed E-state index contributed by atoms with van der Waals surface area (Å²) in [7, 11) is 0. The SMILES string of the molecule is NC(=S)C(NC(=O)CSc1ccccc1)c1ccccc1. The second-order valence-electron chi connectivity index (χ2n) is 4.42. The average Bonchev–Trinajstić information content (AvgIpc) is 2.52. The van der Waals surface area contributed by atoms with E-state index in [1.54, 1.807) is 0 Å². The number of carbonyl (C=O) groups is 1. The lowest BCUT2D eigenvalue weighted by atomic mass is 10.1. The van der Waals surface area contributed by atoms with Gasteiger partial charge in [-0.2, -0.15) is 0 Å². The first-order valence-corrected chi connectivity index (χ1v) is 7.87. The van der Waals surface area contributed by atoms with Crippen molar-refractivity contribution in [3.8, 4) is 0 Å². The van der Waals surface area contributed by atoms with E-state index >= 15 is 0 Å². The molecule has 0 heterocycles. The number of nitrogens with two attached hydrogens (primary N) is 1. The molecule has 0 spiro atoms. The Balaban J connectivity index is 1.95. The molecule has 108 valence electrons. The Labute approximate surface area is 133 Å². The van der Waals surface area contributed by atoms with Gasteiger partial charge in [-0.15, -0.1) is 11.8 Å². The predicted molar refractivity (Wildman–Crippen MR) is 91.3 cm³/mol. The number of benzene rings is 2. The van der Waals surface area contributed by atoms with Crippen molar-refractivity contribution >= 4 is 34.9 Å². The Hall–Kier alpha value is -1.85. The van der Waals surface area contributed by atoms with Crippen molar-refractivity contribution in [3.05, 3.63) is 66.2 Å². The molecule has 2 rings (SSSR count). The molecule has 21 heavy (non-hydrogen) atoms. The third-order valence-electron chi connectivity index (χ3n) is 2.84. The Morgan fingerprint density at radius 3 is 2.24 bits per heavy atom. The molecule has 0 fully saturated rings. The van der Waals surface area contributed by atoms with Gasteiger partial charge in [0.2, 0.25) is 5.91 Å². The number of nitrogens with one attached hydrogen (secondary N) is 1. The van der Waals surface area contributed by atoms with Gasteiger partial charge in [-0.05, 0) is 17.7 Å². The molecule has 0 aromatic heterocycles. The summed E-state index contributed by atoms with van der Waals surface area (Å²) in [5, 5.41) is 2.88. The second-order valence-corrected chi connectivity index (χ2v) is 5.94. The molecule has 0 aliphatic rings. The fourth-order valence-electron chi connectivity index (χ4n) is 1.83. The first-order valence-electron chi connectivity index (χ1n) is 6.48. The largest absolute Gasteiger partial charge is 0.391 e. The zero-order valence-corrected chi connectivity index (χ0v) is 13.0. The minimum absolute atomic E-state index is 0.0921. The number of hydrogen-bond donors (Lipinski definition) is 2. The van der Waals surface area contributed by atoms with E-state index in [0.29, 0.717) is 5.75 Å². The number of thioether (sulfide) groups is 1. The van der Waals surface area contributed by atoms with Gasteiger partial charge < -0.3 is 11.1 Å². The van der Waals surface area contributed by atoms with E-state index < -0.39 is 6.04 Å². The topological polar surface area (TPSA) is 55.1 Å². The summed E-state index contributed by atoms with van der Waals surface area (Å²) in [6, 6.07) is 18.9. The normalized spacial score (nSPS) is 11.6. The van der Waals surface area contributed by atoms with E-state index in [4.69, 9.17) is 18.0 Å². The summed E-state index contributed by atoms with van der Waals surface area (Å²) in [5.41, 5.74) is 6.63. The van der Waals surface area contributed by atoms with Crippen LogP contribution in [0.1, 0.15) is 11.6 Å². The van der Waals surface area contributed by atoms with Crippen molar-refractivity contribution in [2.24, 2.45) is 5.73 Å². The van der Waals surface area contributed by atoms with Crippen LogP contribution < -0.4 is 11.1 Å². The Bertz CT molecular complexity index is 602. The van der Waals surface area contributed by atoms with E-state index in [1.807, 2.05) is 60.7 Å². The summed E-state index contributed by atoms with van der Waals surface area (Å²) >= 11 is 6.53. The Morgan fingerprint density at radius 1 is 1.10 bits per heavy atom. The van der Waals surface area contributed by atoms with Gasteiger partial charge in [0, 0.05) is 4.90 Å². The molecule has 2 aromatic rings. The molecule has 2 aromatic carbocycles. The van der Waals surface area contributed by atoms with Gasteiger partial charge in [0.25, 0.3) is 0 Å². The molecule has 0 aliphatic carbocycles. The number of thiocarbonyl (C=S) groups is 1. The first kappa shape index (κ1) is 15.5. The van der Waals surface area contributed by atoms with E-state index in [2.05, 4.69) is 5.32 Å². The van der Waals surface area contributed by atoms with Crippen LogP contribution in [0.25, 0.3) is 0 Å². The van der Waals surface area contributed by atoms with Gasteiger partial charge >= 0.3 is 0 Å². The van der Waals surface area contributed by atoms with Crippen molar-refractivity contribution in [1.82, 2.24) is 5.32 Å². The van der Waals surface area contributed by atoms with Crippen LogP contribution in [0, 0.1) is 0 Å². The van der Waals surface area contributed by atoms with Crippen LogP contribution in [0.4, 0.5) is 0 Å². The smallest absolute Gasteiger partial charge is 0.231 e. The zero-order chi connectivity index (χ0) is 15.1. The molecule has 5 heteroatoms. The number of carbonyl (C=O) groups excluding carboxylic acids is 1. The van der Waals surface area contributed by atoms with Gasteiger partial charge in [-0.25, -0.2) is 0 Å². The zero-order valence-electron chi connectivity index (χ0n) is 11.4. The van der Waals surface area contributed by atoms with Crippen LogP contribution >= 0.6 is 24.0 Å². The van der Waals surface area contributed by atoms with Crippen LogP contribution in [0.15, 0.2) is 65.6 Å². The highest BCUT2D eigenvalue weighted by Gasteiger charge is 2.16. The van der Waals surface area contributed by atoms with Crippen molar-refractivity contribution in [1.29, 1.82) is 0 Å². The summed E-state index contributed by atoms with van der Waals surface area (Å²) in [4.78, 5) is 13.4. The monoisotopic (exact) mass is 316 g/mol. The lowest BCUT2D eigenvalue weighted by Crippen LogP contribution is -2.37. The van der Waals surface area contributed by atoms with Crippen molar-refractivity contribution in [3.63, 3.8) is 0 Å². The Kier molecular flexibility index (Phi) is 5.78. The minimum atomic E-state index is -0.426. The molecule has 0 bridgehead atoms. The molecule has 0 aliphatic heterocycles. The molecule has 1 amide bonds. The highest BCUT2D eigenvalue weighted by molar-refractivity contribution is 8.00. The lowest BCUT2D eigenvalue weighted by Gasteiger charge is -2.17. The van der Waals surface area contributed by atoms with E-state index in [0.717, 1.165) is 10.5 Å². The average molecular weight is 316 g/mol. The molecule has 1 unspecified atom stereocenters. The molecular formula is C16H16N2OS2. The lowest BCUT2D eigenvalue weighted by molar-refractivity contribution is -0.118. The van der Waals surface area contributed by atoms with Crippen LogP contribution in [-0.2, 0) is 4.79 Å². The van der Waals surface area contributed by atoms with Crippen LogP contribution in [0.5, 0.6) is 0 Å². The highest BCUT2D eigenvalue weighted by Crippen LogP contribution is 2.18. The summed E-state index contributed by atoms with van der Waals surface area (Å²) in [5.74, 6) is 0.237. The van der Waals surface area contributed by atoms with Gasteiger partial charge in [0.1, 0.15) is 11.0 Å². The maximum Gasteiger partial charge on any atom is 0.231 e. The molecule has 0 saturated heterocycles. The quantitative estimate of drug-likeness (QED) is 0.635. The van der Waals surface area contributed by atoms with Gasteiger partial charge in [-0.3, -0.25) is 4.79 Å². The minimum Gasteiger partial charge on any atom is -0.391 e. The molecule has 3 nitrogen and oxygen atoms in total. The Morgan fingerprint density at radius 2 is 1.67 bits per heavy atom. The fraction of sp³-hybridized carbons (Fsp3) is 0.125. The summed E-state index contributed by atoms with van der Waals surface area (Å²) < 4.78 is 0. The molecule has 1 atom stereocenters. The number of rotatable bonds is 6. The van der Waals surface area contributed by atoms with E-state index in [-0.39, 0.29) is 10.9 Å². The molecule has 0 radical (unpaired) electrons. The van der Waals surface area contributed by atoms with Gasteiger partial charge in [0.05, 0.1) is 5.75 Å². The van der Waals surface area contributed by atoms with Crippen molar-refractivity contribution < 1.29 is 4.79 Å². The van der Waals surface area contributed by atoms with Gasteiger partial charge in [0.15, 0.2) is 0 Å². The molecular weight excluding hydrogens is 300 g/mol. The standard InChI is InChI=1S/C16H16N2OS2/c17-16(20)15(12-7-3-1-4-8-12)18-14(19)11-21-13-9-5-2-6-10-13/h1-10,15H,11H2,(H2,17,20)(H,18,19). The molecule has 3 N–H and O–H groups in total. The first-order chi connectivity index (χ1) is 10.2. The van der Waals surface area contributed by atoms with E-state index in [1.165, 1.54) is 11.8 Å². The van der Waals surface area contributed by atoms with E-state index in [9.17, 15) is 4.79 Å². The van der Waals surface area contributed by atoms with Gasteiger partial charge in [-0.1, -0.05) is 60.7 Å². The molecule has 0 saturated carbocycles. The maximum absolute atomic E-state index is 12.1. The number of amides is 1. The maximum atomic E-state index is 12.1.